The Bertz CT molecular complexity index is 1510. The van der Waals surface area contributed by atoms with Gasteiger partial charge in [-0.3, -0.25) is 9.89 Å². The first-order chi connectivity index (χ1) is 17.7. The lowest BCUT2D eigenvalue weighted by Crippen LogP contribution is -2.29. The highest BCUT2D eigenvalue weighted by Gasteiger charge is 2.43. The molecule has 7 nitrogen and oxygen atoms in total. The first kappa shape index (κ1) is 21.7. The molecule has 0 unspecified atom stereocenters. The predicted molar refractivity (Wildman–Crippen MR) is 133 cm³/mol. The zero-order chi connectivity index (χ0) is 24.5. The van der Waals surface area contributed by atoms with Gasteiger partial charge < -0.3 is 19.2 Å². The molecule has 6 rings (SSSR count). The highest BCUT2D eigenvalue weighted by atomic mass is 16.5. The number of ether oxygens (including phenoxy) is 1. The average molecular weight is 478 g/mol. The molecule has 0 bridgehead atoms. The van der Waals surface area contributed by atoms with E-state index in [9.17, 15) is 9.90 Å². The minimum Gasteiger partial charge on any atom is -0.507 e. The molecule has 178 valence electrons. The minimum atomic E-state index is -0.453. The molecule has 2 aromatic heterocycles. The molecule has 1 aliphatic heterocycles. The van der Waals surface area contributed by atoms with Gasteiger partial charge in [-0.2, -0.15) is 5.10 Å². The van der Waals surface area contributed by atoms with Gasteiger partial charge in [0.25, 0.3) is 5.91 Å². The maximum Gasteiger partial charge on any atom is 0.273 e. The molecule has 0 radical (unpaired) electrons. The Balaban J connectivity index is 1.41. The number of aromatic nitrogens is 2. The number of nitrogens with one attached hydrogen (secondary N) is 1. The SMILES string of the molecule is O=C1c2[nH]nc(-c3ccccc3O)c2[C@H](c2cccc(OCc3ccccc3)c2)N1Cc1ccco1. The smallest absolute Gasteiger partial charge is 0.273 e. The van der Waals surface area contributed by atoms with Gasteiger partial charge in [-0.1, -0.05) is 54.6 Å². The van der Waals surface area contributed by atoms with E-state index in [1.54, 1.807) is 35.4 Å². The monoisotopic (exact) mass is 477 g/mol. The van der Waals surface area contributed by atoms with Crippen molar-refractivity contribution in [3.8, 4) is 22.8 Å². The van der Waals surface area contributed by atoms with E-state index in [4.69, 9.17) is 9.15 Å². The second-order valence-electron chi connectivity index (χ2n) is 8.64. The van der Waals surface area contributed by atoms with Gasteiger partial charge >= 0.3 is 0 Å². The second kappa shape index (κ2) is 9.11. The number of carbonyl (C=O) groups is 1. The van der Waals surface area contributed by atoms with Crippen molar-refractivity contribution in [3.05, 3.63) is 125 Å². The number of hydrogen-bond acceptors (Lipinski definition) is 5. The van der Waals surface area contributed by atoms with Crippen LogP contribution in [0.15, 0.2) is 102 Å². The van der Waals surface area contributed by atoms with E-state index in [1.165, 1.54) is 0 Å². The molecule has 1 aliphatic rings. The van der Waals surface area contributed by atoms with Gasteiger partial charge in [0.15, 0.2) is 0 Å². The van der Waals surface area contributed by atoms with E-state index in [0.29, 0.717) is 40.6 Å². The van der Waals surface area contributed by atoms with Crippen molar-refractivity contribution in [1.82, 2.24) is 15.1 Å². The summed E-state index contributed by atoms with van der Waals surface area (Å²) < 4.78 is 11.6. The number of hydrogen-bond donors (Lipinski definition) is 2. The van der Waals surface area contributed by atoms with Crippen LogP contribution in [0, 0.1) is 0 Å². The summed E-state index contributed by atoms with van der Waals surface area (Å²) in [6, 6.07) is 27.9. The Morgan fingerprint density at radius 3 is 2.61 bits per heavy atom. The lowest BCUT2D eigenvalue weighted by molar-refractivity contribution is 0.0716. The summed E-state index contributed by atoms with van der Waals surface area (Å²) in [7, 11) is 0. The number of amides is 1. The lowest BCUT2D eigenvalue weighted by atomic mass is 9.95. The van der Waals surface area contributed by atoms with E-state index >= 15 is 0 Å². The topological polar surface area (TPSA) is 91.6 Å². The molecule has 0 fully saturated rings. The molecule has 1 atom stereocenters. The van der Waals surface area contributed by atoms with Crippen LogP contribution in [0.25, 0.3) is 11.3 Å². The van der Waals surface area contributed by atoms with Crippen LogP contribution in [0.2, 0.25) is 0 Å². The Kier molecular flexibility index (Phi) is 5.50. The normalized spacial score (nSPS) is 14.7. The average Bonchev–Trinajstić information content (AvgIpc) is 3.64. The van der Waals surface area contributed by atoms with Crippen LogP contribution in [-0.4, -0.2) is 26.1 Å². The molecule has 0 spiro atoms. The van der Waals surface area contributed by atoms with Crippen LogP contribution in [-0.2, 0) is 13.2 Å². The highest BCUT2D eigenvalue weighted by molar-refractivity contribution is 6.00. The van der Waals surface area contributed by atoms with Crippen molar-refractivity contribution in [1.29, 1.82) is 0 Å². The summed E-state index contributed by atoms with van der Waals surface area (Å²) in [5, 5.41) is 17.9. The van der Waals surface area contributed by atoms with Gasteiger partial charge in [0.1, 0.15) is 35.3 Å². The fourth-order valence-corrected chi connectivity index (χ4v) is 4.67. The number of phenols is 1. The van der Waals surface area contributed by atoms with Crippen molar-refractivity contribution < 1.29 is 19.1 Å². The number of furan rings is 1. The van der Waals surface area contributed by atoms with E-state index < -0.39 is 6.04 Å². The standard InChI is InChI=1S/C29H23N3O4/c33-24-14-5-4-13-23(24)26-25-27(31-30-26)29(34)32(17-22-12-7-15-35-22)28(25)20-10-6-11-21(16-20)36-18-19-8-2-1-3-9-19/h1-16,28,33H,17-18H2,(H,30,31)/t28-/m0/s1. The zero-order valence-electron chi connectivity index (χ0n) is 19.3. The Hall–Kier alpha value is -4.78. The minimum absolute atomic E-state index is 0.0995. The molecule has 0 saturated heterocycles. The number of H-pyrrole nitrogens is 1. The third-order valence-electron chi connectivity index (χ3n) is 6.35. The van der Waals surface area contributed by atoms with Crippen LogP contribution in [0.4, 0.5) is 0 Å². The van der Waals surface area contributed by atoms with Crippen molar-refractivity contribution in [2.24, 2.45) is 0 Å². The van der Waals surface area contributed by atoms with Crippen LogP contribution < -0.4 is 4.74 Å². The Morgan fingerprint density at radius 1 is 0.972 bits per heavy atom. The number of phenolic OH excluding ortho intramolecular Hbond substituents is 1. The summed E-state index contributed by atoms with van der Waals surface area (Å²) in [5.41, 5.74) is 4.16. The summed E-state index contributed by atoms with van der Waals surface area (Å²) in [5.74, 6) is 1.29. The van der Waals surface area contributed by atoms with Gasteiger partial charge in [-0.25, -0.2) is 0 Å². The summed E-state index contributed by atoms with van der Waals surface area (Å²) >= 11 is 0. The molecule has 36 heavy (non-hydrogen) atoms. The van der Waals surface area contributed by atoms with E-state index in [0.717, 1.165) is 11.1 Å². The van der Waals surface area contributed by atoms with Gasteiger partial charge in [-0.15, -0.1) is 0 Å². The Morgan fingerprint density at radius 2 is 1.81 bits per heavy atom. The van der Waals surface area contributed by atoms with Crippen LogP contribution in [0.3, 0.4) is 0 Å². The number of fused-ring (bicyclic) bond motifs is 1. The van der Waals surface area contributed by atoms with Crippen molar-refractivity contribution >= 4 is 5.91 Å². The van der Waals surface area contributed by atoms with Crippen molar-refractivity contribution in [2.75, 3.05) is 0 Å². The zero-order valence-corrected chi connectivity index (χ0v) is 19.3. The second-order valence-corrected chi connectivity index (χ2v) is 8.64. The summed E-state index contributed by atoms with van der Waals surface area (Å²) in [4.78, 5) is 15.3. The number of nitrogens with zero attached hydrogens (tertiary/aromatic N) is 2. The van der Waals surface area contributed by atoms with Crippen LogP contribution >= 0.6 is 0 Å². The van der Waals surface area contributed by atoms with Crippen LogP contribution in [0.1, 0.15) is 39.0 Å². The predicted octanol–water partition coefficient (Wildman–Crippen LogP) is 5.70. The molecule has 0 aliphatic carbocycles. The largest absolute Gasteiger partial charge is 0.507 e. The summed E-state index contributed by atoms with van der Waals surface area (Å²) in [6.07, 6.45) is 1.59. The Labute approximate surface area is 207 Å². The highest BCUT2D eigenvalue weighted by Crippen LogP contribution is 2.45. The quantitative estimate of drug-likeness (QED) is 0.314. The number of para-hydroxylation sites is 1. The first-order valence-corrected chi connectivity index (χ1v) is 11.7. The molecule has 3 aromatic carbocycles. The molecule has 1 amide bonds. The fourth-order valence-electron chi connectivity index (χ4n) is 4.67. The van der Waals surface area contributed by atoms with Gasteiger partial charge in [0.05, 0.1) is 18.8 Å². The third kappa shape index (κ3) is 3.90. The van der Waals surface area contributed by atoms with E-state index in [2.05, 4.69) is 10.2 Å². The van der Waals surface area contributed by atoms with E-state index in [1.807, 2.05) is 66.7 Å². The van der Waals surface area contributed by atoms with Gasteiger partial charge in [-0.05, 0) is 47.5 Å². The molecule has 5 aromatic rings. The molecular formula is C29H23N3O4. The summed E-state index contributed by atoms with van der Waals surface area (Å²) in [6.45, 7) is 0.721. The van der Waals surface area contributed by atoms with Crippen molar-refractivity contribution in [3.63, 3.8) is 0 Å². The maximum atomic E-state index is 13.6. The van der Waals surface area contributed by atoms with Crippen molar-refractivity contribution in [2.45, 2.75) is 19.2 Å². The van der Waals surface area contributed by atoms with E-state index in [-0.39, 0.29) is 18.2 Å². The third-order valence-corrected chi connectivity index (χ3v) is 6.35. The number of benzene rings is 3. The maximum absolute atomic E-state index is 13.6. The first-order valence-electron chi connectivity index (χ1n) is 11.7. The number of aromatic hydroxyl groups is 1. The molecule has 3 heterocycles. The molecular weight excluding hydrogens is 454 g/mol. The van der Waals surface area contributed by atoms with Gasteiger partial charge in [0.2, 0.25) is 0 Å². The van der Waals surface area contributed by atoms with Gasteiger partial charge in [0, 0.05) is 11.1 Å². The fraction of sp³-hybridized carbons (Fsp3) is 0.103. The molecule has 7 heteroatoms. The number of aromatic amines is 1. The van der Waals surface area contributed by atoms with Crippen LogP contribution in [0.5, 0.6) is 11.5 Å². The number of rotatable bonds is 7. The lowest BCUT2D eigenvalue weighted by Gasteiger charge is -2.26. The molecule has 2 N–H and O–H groups in total. The molecule has 0 saturated carbocycles. The number of carbonyl (C=O) groups excluding carboxylic acids is 1.